The highest BCUT2D eigenvalue weighted by Gasteiger charge is 2.05. The van der Waals surface area contributed by atoms with Gasteiger partial charge in [0.1, 0.15) is 0 Å². The summed E-state index contributed by atoms with van der Waals surface area (Å²) in [5.74, 6) is -0.0959. The lowest BCUT2D eigenvalue weighted by molar-refractivity contribution is -0.114. The van der Waals surface area contributed by atoms with E-state index in [0.717, 1.165) is 27.8 Å². The van der Waals surface area contributed by atoms with Crippen molar-refractivity contribution in [3.8, 4) is 11.3 Å². The number of benzene rings is 2. The lowest BCUT2D eigenvalue weighted by Crippen LogP contribution is -2.05. The van der Waals surface area contributed by atoms with Crippen molar-refractivity contribution in [2.75, 3.05) is 10.6 Å². The van der Waals surface area contributed by atoms with E-state index < -0.39 is 0 Å². The minimum atomic E-state index is -0.0959. The van der Waals surface area contributed by atoms with Gasteiger partial charge in [-0.1, -0.05) is 29.8 Å². The van der Waals surface area contributed by atoms with Gasteiger partial charge in [0.05, 0.1) is 5.69 Å². The van der Waals surface area contributed by atoms with Gasteiger partial charge in [-0.15, -0.1) is 11.3 Å². The van der Waals surface area contributed by atoms with Gasteiger partial charge in [0.2, 0.25) is 5.91 Å². The molecular formula is C17H14ClN3OS. The second kappa shape index (κ2) is 6.81. The number of anilines is 3. The number of hydrogen-bond donors (Lipinski definition) is 2. The molecule has 0 atom stereocenters. The lowest BCUT2D eigenvalue weighted by Gasteiger charge is -2.06. The molecule has 0 saturated carbocycles. The van der Waals surface area contributed by atoms with Gasteiger partial charge in [-0.3, -0.25) is 4.79 Å². The van der Waals surface area contributed by atoms with Crippen LogP contribution in [0.5, 0.6) is 0 Å². The van der Waals surface area contributed by atoms with Gasteiger partial charge in [0.15, 0.2) is 5.13 Å². The Kier molecular flexibility index (Phi) is 4.60. The van der Waals surface area contributed by atoms with Crippen molar-refractivity contribution in [1.82, 2.24) is 4.98 Å². The zero-order valence-corrected chi connectivity index (χ0v) is 13.9. The quantitative estimate of drug-likeness (QED) is 0.687. The molecule has 1 heterocycles. The molecule has 4 nitrogen and oxygen atoms in total. The van der Waals surface area contributed by atoms with E-state index in [1.54, 1.807) is 0 Å². The molecule has 0 spiro atoms. The summed E-state index contributed by atoms with van der Waals surface area (Å²) < 4.78 is 0. The number of aromatic nitrogens is 1. The topological polar surface area (TPSA) is 54.0 Å². The van der Waals surface area contributed by atoms with Gasteiger partial charge in [0.25, 0.3) is 0 Å². The summed E-state index contributed by atoms with van der Waals surface area (Å²) in [6.45, 7) is 1.49. The van der Waals surface area contributed by atoms with Crippen LogP contribution in [-0.2, 0) is 4.79 Å². The largest absolute Gasteiger partial charge is 0.331 e. The van der Waals surface area contributed by atoms with Crippen molar-refractivity contribution in [2.45, 2.75) is 6.92 Å². The average Bonchev–Trinajstić information content (AvgIpc) is 2.96. The third kappa shape index (κ3) is 4.09. The Labute approximate surface area is 143 Å². The average molecular weight is 344 g/mol. The van der Waals surface area contributed by atoms with Crippen molar-refractivity contribution in [3.05, 3.63) is 58.9 Å². The van der Waals surface area contributed by atoms with Crippen LogP contribution in [0.25, 0.3) is 11.3 Å². The Morgan fingerprint density at radius 2 is 1.87 bits per heavy atom. The number of halogens is 1. The SMILES string of the molecule is CC(=O)Nc1cccc(Nc2nc(-c3ccc(Cl)cc3)cs2)c1. The minimum absolute atomic E-state index is 0.0959. The third-order valence-electron chi connectivity index (χ3n) is 3.08. The fourth-order valence-electron chi connectivity index (χ4n) is 2.09. The van der Waals surface area contributed by atoms with Crippen LogP contribution in [0.1, 0.15) is 6.92 Å². The smallest absolute Gasteiger partial charge is 0.221 e. The summed E-state index contributed by atoms with van der Waals surface area (Å²) >= 11 is 7.42. The normalized spacial score (nSPS) is 10.3. The lowest BCUT2D eigenvalue weighted by atomic mass is 10.2. The van der Waals surface area contributed by atoms with Crippen LogP contribution < -0.4 is 10.6 Å². The molecule has 2 N–H and O–H groups in total. The maximum atomic E-state index is 11.1. The highest BCUT2D eigenvalue weighted by molar-refractivity contribution is 7.14. The van der Waals surface area contributed by atoms with Gasteiger partial charge in [-0.2, -0.15) is 0 Å². The van der Waals surface area contributed by atoms with E-state index in [-0.39, 0.29) is 5.91 Å². The Morgan fingerprint density at radius 3 is 2.61 bits per heavy atom. The van der Waals surface area contributed by atoms with E-state index >= 15 is 0 Å². The summed E-state index contributed by atoms with van der Waals surface area (Å²) in [7, 11) is 0. The van der Waals surface area contributed by atoms with E-state index in [9.17, 15) is 4.79 Å². The van der Waals surface area contributed by atoms with Crippen molar-refractivity contribution >= 4 is 45.4 Å². The molecule has 0 aliphatic rings. The van der Waals surface area contributed by atoms with Crippen LogP contribution in [-0.4, -0.2) is 10.9 Å². The minimum Gasteiger partial charge on any atom is -0.331 e. The predicted octanol–water partition coefficient (Wildman–Crippen LogP) is 5.17. The predicted molar refractivity (Wildman–Crippen MR) is 96.6 cm³/mol. The summed E-state index contributed by atoms with van der Waals surface area (Å²) in [6, 6.07) is 15.1. The Hall–Kier alpha value is -2.37. The Balaban J connectivity index is 1.76. The molecule has 0 radical (unpaired) electrons. The maximum Gasteiger partial charge on any atom is 0.221 e. The molecule has 0 saturated heterocycles. The molecule has 23 heavy (non-hydrogen) atoms. The number of hydrogen-bond acceptors (Lipinski definition) is 4. The first kappa shape index (κ1) is 15.5. The zero-order valence-electron chi connectivity index (χ0n) is 12.3. The second-order valence-electron chi connectivity index (χ2n) is 4.93. The molecule has 0 bridgehead atoms. The second-order valence-corrected chi connectivity index (χ2v) is 6.23. The van der Waals surface area contributed by atoms with Crippen molar-refractivity contribution in [3.63, 3.8) is 0 Å². The monoisotopic (exact) mass is 343 g/mol. The molecule has 3 rings (SSSR count). The van der Waals surface area contributed by atoms with Crippen LogP contribution >= 0.6 is 22.9 Å². The van der Waals surface area contributed by atoms with Gasteiger partial charge in [0, 0.05) is 34.3 Å². The number of rotatable bonds is 4. The first-order valence-corrected chi connectivity index (χ1v) is 8.22. The van der Waals surface area contributed by atoms with E-state index in [1.165, 1.54) is 18.3 Å². The molecule has 0 aliphatic heterocycles. The molecule has 1 aromatic heterocycles. The van der Waals surface area contributed by atoms with Crippen LogP contribution in [0.4, 0.5) is 16.5 Å². The highest BCUT2D eigenvalue weighted by Crippen LogP contribution is 2.28. The molecule has 0 fully saturated rings. The maximum absolute atomic E-state index is 11.1. The molecule has 6 heteroatoms. The summed E-state index contributed by atoms with van der Waals surface area (Å²) in [5.41, 5.74) is 3.53. The van der Waals surface area contributed by atoms with Crippen LogP contribution in [0.3, 0.4) is 0 Å². The van der Waals surface area contributed by atoms with Crippen LogP contribution in [0, 0.1) is 0 Å². The number of nitrogens with zero attached hydrogens (tertiary/aromatic N) is 1. The summed E-state index contributed by atoms with van der Waals surface area (Å²) in [6.07, 6.45) is 0. The third-order valence-corrected chi connectivity index (χ3v) is 4.09. The van der Waals surface area contributed by atoms with E-state index in [2.05, 4.69) is 15.6 Å². The first-order valence-electron chi connectivity index (χ1n) is 6.96. The molecule has 3 aromatic rings. The Bertz CT molecular complexity index is 830. The van der Waals surface area contributed by atoms with Crippen molar-refractivity contribution in [1.29, 1.82) is 0 Å². The van der Waals surface area contributed by atoms with Crippen molar-refractivity contribution < 1.29 is 4.79 Å². The first-order chi connectivity index (χ1) is 11.1. The number of thiazole rings is 1. The number of amides is 1. The molecule has 2 aromatic carbocycles. The molecule has 116 valence electrons. The summed E-state index contributed by atoms with van der Waals surface area (Å²) in [4.78, 5) is 15.7. The van der Waals surface area contributed by atoms with Crippen LogP contribution in [0.2, 0.25) is 5.02 Å². The number of carbonyl (C=O) groups is 1. The van der Waals surface area contributed by atoms with Gasteiger partial charge < -0.3 is 10.6 Å². The Morgan fingerprint density at radius 1 is 1.13 bits per heavy atom. The molecule has 0 aliphatic carbocycles. The fourth-order valence-corrected chi connectivity index (χ4v) is 2.95. The molecule has 1 amide bonds. The fraction of sp³-hybridized carbons (Fsp3) is 0.0588. The van der Waals surface area contributed by atoms with Crippen molar-refractivity contribution in [2.24, 2.45) is 0 Å². The summed E-state index contributed by atoms with van der Waals surface area (Å²) in [5, 5.41) is 9.49. The van der Waals surface area contributed by atoms with E-state index in [4.69, 9.17) is 11.6 Å². The van der Waals surface area contributed by atoms with Gasteiger partial charge in [-0.25, -0.2) is 4.98 Å². The number of carbonyl (C=O) groups excluding carboxylic acids is 1. The highest BCUT2D eigenvalue weighted by atomic mass is 35.5. The standard InChI is InChI=1S/C17H14ClN3OS/c1-11(22)19-14-3-2-4-15(9-14)20-17-21-16(10-23-17)12-5-7-13(18)8-6-12/h2-10H,1H3,(H,19,22)(H,20,21). The molecule has 0 unspecified atom stereocenters. The zero-order chi connectivity index (χ0) is 16.2. The van der Waals surface area contributed by atoms with Gasteiger partial charge >= 0.3 is 0 Å². The molecular weight excluding hydrogens is 330 g/mol. The van der Waals surface area contributed by atoms with E-state index in [1.807, 2.05) is 53.9 Å². The number of nitrogens with one attached hydrogen (secondary N) is 2. The van der Waals surface area contributed by atoms with Gasteiger partial charge in [-0.05, 0) is 30.3 Å². The van der Waals surface area contributed by atoms with Crippen LogP contribution in [0.15, 0.2) is 53.9 Å². The van der Waals surface area contributed by atoms with E-state index in [0.29, 0.717) is 5.02 Å².